The Morgan fingerprint density at radius 3 is 2.38 bits per heavy atom. The number of benzene rings is 1. The number of rotatable bonds is 6. The molecule has 0 spiro atoms. The SMILES string of the molecule is CCNC(C)CC(C)Cc1ccc(O)cc1. The molecular formula is C14H23NO. The first kappa shape index (κ1) is 13.0. The first-order valence-corrected chi connectivity index (χ1v) is 6.13. The van der Waals surface area contributed by atoms with Crippen LogP contribution in [0.3, 0.4) is 0 Å². The summed E-state index contributed by atoms with van der Waals surface area (Å²) in [6.07, 6.45) is 2.27. The van der Waals surface area contributed by atoms with Crippen molar-refractivity contribution in [2.24, 2.45) is 5.92 Å². The van der Waals surface area contributed by atoms with Gasteiger partial charge in [-0.15, -0.1) is 0 Å². The molecule has 2 nitrogen and oxygen atoms in total. The normalized spacial score (nSPS) is 14.7. The maximum absolute atomic E-state index is 9.20. The Bertz CT molecular complexity index is 294. The number of hydrogen-bond acceptors (Lipinski definition) is 2. The molecular weight excluding hydrogens is 198 g/mol. The summed E-state index contributed by atoms with van der Waals surface area (Å²) in [7, 11) is 0. The lowest BCUT2D eigenvalue weighted by molar-refractivity contribution is 0.426. The molecule has 0 aromatic heterocycles. The molecule has 0 saturated heterocycles. The largest absolute Gasteiger partial charge is 0.508 e. The number of aromatic hydroxyl groups is 1. The van der Waals surface area contributed by atoms with Gasteiger partial charge in [-0.1, -0.05) is 26.0 Å². The van der Waals surface area contributed by atoms with Gasteiger partial charge in [0.2, 0.25) is 0 Å². The Balaban J connectivity index is 2.39. The van der Waals surface area contributed by atoms with E-state index in [1.807, 2.05) is 12.1 Å². The van der Waals surface area contributed by atoms with Crippen LogP contribution in [0.4, 0.5) is 0 Å². The van der Waals surface area contributed by atoms with Crippen LogP contribution in [0.1, 0.15) is 32.8 Å². The first-order chi connectivity index (χ1) is 7.61. The second-order valence-corrected chi connectivity index (χ2v) is 4.67. The quantitative estimate of drug-likeness (QED) is 0.774. The predicted molar refractivity (Wildman–Crippen MR) is 68.7 cm³/mol. The van der Waals surface area contributed by atoms with Gasteiger partial charge >= 0.3 is 0 Å². The molecule has 16 heavy (non-hydrogen) atoms. The van der Waals surface area contributed by atoms with Crippen molar-refractivity contribution in [2.75, 3.05) is 6.54 Å². The molecule has 0 aliphatic carbocycles. The van der Waals surface area contributed by atoms with Gasteiger partial charge in [0.25, 0.3) is 0 Å². The van der Waals surface area contributed by atoms with Crippen molar-refractivity contribution in [3.63, 3.8) is 0 Å². The Morgan fingerprint density at radius 1 is 1.19 bits per heavy atom. The van der Waals surface area contributed by atoms with E-state index >= 15 is 0 Å². The summed E-state index contributed by atoms with van der Waals surface area (Å²) in [5, 5.41) is 12.6. The fraction of sp³-hybridized carbons (Fsp3) is 0.571. The third-order valence-corrected chi connectivity index (χ3v) is 2.83. The van der Waals surface area contributed by atoms with Gasteiger partial charge in [0.15, 0.2) is 0 Å². The van der Waals surface area contributed by atoms with Crippen LogP contribution in [-0.4, -0.2) is 17.7 Å². The van der Waals surface area contributed by atoms with Gasteiger partial charge in [-0.2, -0.15) is 0 Å². The highest BCUT2D eigenvalue weighted by molar-refractivity contribution is 5.26. The maximum Gasteiger partial charge on any atom is 0.115 e. The van der Waals surface area contributed by atoms with Gasteiger partial charge in [0.05, 0.1) is 0 Å². The number of phenolic OH excluding ortho intramolecular Hbond substituents is 1. The molecule has 0 bridgehead atoms. The molecule has 1 rings (SSSR count). The fourth-order valence-corrected chi connectivity index (χ4v) is 2.15. The van der Waals surface area contributed by atoms with Crippen LogP contribution in [0.2, 0.25) is 0 Å². The van der Waals surface area contributed by atoms with Crippen LogP contribution in [0.25, 0.3) is 0 Å². The highest BCUT2D eigenvalue weighted by atomic mass is 16.3. The molecule has 2 N–H and O–H groups in total. The molecule has 0 aliphatic rings. The zero-order valence-corrected chi connectivity index (χ0v) is 10.5. The molecule has 90 valence electrons. The van der Waals surface area contributed by atoms with E-state index in [1.54, 1.807) is 12.1 Å². The van der Waals surface area contributed by atoms with Crippen LogP contribution in [0, 0.1) is 5.92 Å². The minimum atomic E-state index is 0.345. The van der Waals surface area contributed by atoms with Crippen molar-refractivity contribution in [1.29, 1.82) is 0 Å². The van der Waals surface area contributed by atoms with Gasteiger partial charge < -0.3 is 10.4 Å². The summed E-state index contributed by atoms with van der Waals surface area (Å²) in [6, 6.07) is 8.11. The molecule has 0 saturated carbocycles. The lowest BCUT2D eigenvalue weighted by Crippen LogP contribution is -2.27. The van der Waals surface area contributed by atoms with Crippen LogP contribution in [0.5, 0.6) is 5.75 Å². The van der Waals surface area contributed by atoms with Crippen LogP contribution in [-0.2, 0) is 6.42 Å². The topological polar surface area (TPSA) is 32.3 Å². The third-order valence-electron chi connectivity index (χ3n) is 2.83. The Labute approximate surface area is 98.7 Å². The third kappa shape index (κ3) is 4.67. The van der Waals surface area contributed by atoms with E-state index in [0.717, 1.165) is 13.0 Å². The summed E-state index contributed by atoms with van der Waals surface area (Å²) in [6.45, 7) is 7.69. The smallest absolute Gasteiger partial charge is 0.115 e. The van der Waals surface area contributed by atoms with E-state index in [2.05, 4.69) is 26.1 Å². The van der Waals surface area contributed by atoms with Crippen molar-refractivity contribution in [1.82, 2.24) is 5.32 Å². The van der Waals surface area contributed by atoms with E-state index in [9.17, 15) is 5.11 Å². The molecule has 0 heterocycles. The van der Waals surface area contributed by atoms with E-state index < -0.39 is 0 Å². The molecule has 0 radical (unpaired) electrons. The number of nitrogens with one attached hydrogen (secondary N) is 1. The molecule has 2 heteroatoms. The molecule has 0 fully saturated rings. The lowest BCUT2D eigenvalue weighted by Gasteiger charge is -2.17. The Kier molecular flexibility index (Phi) is 5.33. The highest BCUT2D eigenvalue weighted by Gasteiger charge is 2.08. The second-order valence-electron chi connectivity index (χ2n) is 4.67. The average Bonchev–Trinajstić information content (AvgIpc) is 2.21. The average molecular weight is 221 g/mol. The molecule has 0 aliphatic heterocycles. The van der Waals surface area contributed by atoms with Crippen molar-refractivity contribution >= 4 is 0 Å². The van der Waals surface area contributed by atoms with E-state index in [-0.39, 0.29) is 0 Å². The standard InChI is InChI=1S/C14H23NO/c1-4-15-12(3)9-11(2)10-13-5-7-14(16)8-6-13/h5-8,11-12,15-16H,4,9-10H2,1-3H3. The first-order valence-electron chi connectivity index (χ1n) is 6.13. The molecule has 0 amide bonds. The van der Waals surface area contributed by atoms with Crippen molar-refractivity contribution in [2.45, 2.75) is 39.7 Å². The van der Waals surface area contributed by atoms with Gasteiger partial charge in [-0.05, 0) is 49.9 Å². The zero-order valence-electron chi connectivity index (χ0n) is 10.5. The van der Waals surface area contributed by atoms with Gasteiger partial charge in [-0.3, -0.25) is 0 Å². The van der Waals surface area contributed by atoms with E-state index in [0.29, 0.717) is 17.7 Å². The van der Waals surface area contributed by atoms with Crippen molar-refractivity contribution in [3.8, 4) is 5.75 Å². The van der Waals surface area contributed by atoms with Crippen molar-refractivity contribution in [3.05, 3.63) is 29.8 Å². The predicted octanol–water partition coefficient (Wildman–Crippen LogP) is 2.96. The maximum atomic E-state index is 9.20. The summed E-state index contributed by atoms with van der Waals surface area (Å²) in [5.41, 5.74) is 1.30. The summed E-state index contributed by atoms with van der Waals surface area (Å²) in [5.74, 6) is 1.01. The minimum absolute atomic E-state index is 0.345. The van der Waals surface area contributed by atoms with Crippen LogP contribution in [0.15, 0.2) is 24.3 Å². The van der Waals surface area contributed by atoms with Gasteiger partial charge in [-0.25, -0.2) is 0 Å². The van der Waals surface area contributed by atoms with Crippen LogP contribution >= 0.6 is 0 Å². The summed E-state index contributed by atoms with van der Waals surface area (Å²) >= 11 is 0. The zero-order chi connectivity index (χ0) is 12.0. The van der Waals surface area contributed by atoms with E-state index in [4.69, 9.17) is 0 Å². The van der Waals surface area contributed by atoms with Gasteiger partial charge in [0.1, 0.15) is 5.75 Å². The summed E-state index contributed by atoms with van der Waals surface area (Å²) in [4.78, 5) is 0. The lowest BCUT2D eigenvalue weighted by atomic mass is 9.95. The molecule has 1 aromatic carbocycles. The molecule has 2 unspecified atom stereocenters. The molecule has 1 aromatic rings. The van der Waals surface area contributed by atoms with Crippen LogP contribution < -0.4 is 5.32 Å². The van der Waals surface area contributed by atoms with Crippen molar-refractivity contribution < 1.29 is 5.11 Å². The summed E-state index contributed by atoms with van der Waals surface area (Å²) < 4.78 is 0. The second kappa shape index (κ2) is 6.54. The molecule has 2 atom stereocenters. The van der Waals surface area contributed by atoms with E-state index in [1.165, 1.54) is 12.0 Å². The Hall–Kier alpha value is -1.02. The monoisotopic (exact) mass is 221 g/mol. The Morgan fingerprint density at radius 2 is 1.81 bits per heavy atom. The number of phenols is 1. The number of hydrogen-bond donors (Lipinski definition) is 2. The fourth-order valence-electron chi connectivity index (χ4n) is 2.15. The van der Waals surface area contributed by atoms with Gasteiger partial charge in [0, 0.05) is 6.04 Å². The highest BCUT2D eigenvalue weighted by Crippen LogP contribution is 2.16. The minimum Gasteiger partial charge on any atom is -0.508 e.